The second kappa shape index (κ2) is 6.24. The third-order valence-electron chi connectivity index (χ3n) is 2.86. The van der Waals surface area contributed by atoms with Gasteiger partial charge in [0.15, 0.2) is 11.5 Å². The number of unbranched alkanes of at least 4 members (excludes halogenated alkanes) is 2. The standard InChI is InChI=1S/C15H17FO2/c16-8-4-1-5-9-18-15-11-13-7-3-2-6-12(13)10-14(15)17/h2-3,6-7,10-11,17H,1,4-5,8-9H2. The van der Waals surface area contributed by atoms with E-state index < -0.39 is 0 Å². The van der Waals surface area contributed by atoms with Crippen molar-refractivity contribution >= 4 is 10.8 Å². The first-order valence-electron chi connectivity index (χ1n) is 6.22. The van der Waals surface area contributed by atoms with Gasteiger partial charge in [0.05, 0.1) is 13.3 Å². The summed E-state index contributed by atoms with van der Waals surface area (Å²) in [5.41, 5.74) is 0. The van der Waals surface area contributed by atoms with E-state index in [1.165, 1.54) is 0 Å². The molecule has 0 aromatic heterocycles. The summed E-state index contributed by atoms with van der Waals surface area (Å²) in [7, 11) is 0. The zero-order chi connectivity index (χ0) is 12.8. The van der Waals surface area contributed by atoms with Gasteiger partial charge in [0, 0.05) is 0 Å². The first-order chi connectivity index (χ1) is 8.81. The number of ether oxygens (including phenoxy) is 1. The third kappa shape index (κ3) is 3.13. The Kier molecular flexibility index (Phi) is 4.40. The van der Waals surface area contributed by atoms with E-state index in [0.29, 0.717) is 18.8 Å². The van der Waals surface area contributed by atoms with E-state index in [9.17, 15) is 9.50 Å². The zero-order valence-electron chi connectivity index (χ0n) is 10.2. The van der Waals surface area contributed by atoms with Crippen molar-refractivity contribution in [1.82, 2.24) is 0 Å². The van der Waals surface area contributed by atoms with Crippen molar-refractivity contribution in [2.24, 2.45) is 0 Å². The van der Waals surface area contributed by atoms with Crippen LogP contribution in [0, 0.1) is 0 Å². The Morgan fingerprint density at radius 2 is 1.72 bits per heavy atom. The van der Waals surface area contributed by atoms with Gasteiger partial charge in [-0.25, -0.2) is 0 Å². The molecule has 1 N–H and O–H groups in total. The van der Waals surface area contributed by atoms with Crippen molar-refractivity contribution in [3.8, 4) is 11.5 Å². The van der Waals surface area contributed by atoms with Crippen LogP contribution in [0.2, 0.25) is 0 Å². The predicted octanol–water partition coefficient (Wildman–Crippen LogP) is 4.06. The number of hydrogen-bond donors (Lipinski definition) is 1. The van der Waals surface area contributed by atoms with Crippen LogP contribution in [0.5, 0.6) is 11.5 Å². The number of benzene rings is 2. The third-order valence-corrected chi connectivity index (χ3v) is 2.86. The fraction of sp³-hybridized carbons (Fsp3) is 0.333. The lowest BCUT2D eigenvalue weighted by molar-refractivity contribution is 0.287. The number of rotatable bonds is 6. The molecule has 0 saturated heterocycles. The number of hydrogen-bond acceptors (Lipinski definition) is 2. The van der Waals surface area contributed by atoms with Crippen LogP contribution in [0.1, 0.15) is 19.3 Å². The van der Waals surface area contributed by atoms with Gasteiger partial charge < -0.3 is 9.84 Å². The zero-order valence-corrected chi connectivity index (χ0v) is 10.2. The van der Waals surface area contributed by atoms with Crippen molar-refractivity contribution in [3.05, 3.63) is 36.4 Å². The summed E-state index contributed by atoms with van der Waals surface area (Å²) in [5.74, 6) is 0.646. The van der Waals surface area contributed by atoms with E-state index in [1.54, 1.807) is 6.07 Å². The molecule has 0 amide bonds. The van der Waals surface area contributed by atoms with E-state index in [4.69, 9.17) is 4.74 Å². The first-order valence-corrected chi connectivity index (χ1v) is 6.22. The summed E-state index contributed by atoms with van der Waals surface area (Å²) in [6.07, 6.45) is 2.19. The number of halogens is 1. The van der Waals surface area contributed by atoms with Crippen molar-refractivity contribution in [3.63, 3.8) is 0 Å². The highest BCUT2D eigenvalue weighted by atomic mass is 19.1. The van der Waals surface area contributed by atoms with E-state index >= 15 is 0 Å². The molecule has 0 aliphatic heterocycles. The number of phenolic OH excluding ortho intramolecular Hbond substituents is 1. The molecule has 2 aromatic rings. The summed E-state index contributed by atoms with van der Waals surface area (Å²) in [4.78, 5) is 0. The molecule has 3 heteroatoms. The Morgan fingerprint density at radius 1 is 1.00 bits per heavy atom. The molecule has 0 unspecified atom stereocenters. The van der Waals surface area contributed by atoms with Crippen molar-refractivity contribution in [2.45, 2.75) is 19.3 Å². The fourth-order valence-corrected chi connectivity index (χ4v) is 1.88. The molecule has 0 saturated carbocycles. The number of phenols is 1. The molecule has 0 bridgehead atoms. The minimum absolute atomic E-state index is 0.152. The topological polar surface area (TPSA) is 29.5 Å². The van der Waals surface area contributed by atoms with E-state index in [1.807, 2.05) is 30.3 Å². The maximum atomic E-state index is 11.9. The van der Waals surface area contributed by atoms with Crippen LogP contribution in [0.25, 0.3) is 10.8 Å². The Morgan fingerprint density at radius 3 is 2.44 bits per heavy atom. The molecule has 0 atom stereocenters. The quantitative estimate of drug-likeness (QED) is 0.781. The van der Waals surface area contributed by atoms with Gasteiger partial charge in [0.25, 0.3) is 0 Å². The largest absolute Gasteiger partial charge is 0.504 e. The molecule has 2 aromatic carbocycles. The highest BCUT2D eigenvalue weighted by molar-refractivity contribution is 5.85. The van der Waals surface area contributed by atoms with Gasteiger partial charge in [-0.3, -0.25) is 4.39 Å². The van der Waals surface area contributed by atoms with Crippen LogP contribution in [0.15, 0.2) is 36.4 Å². The van der Waals surface area contributed by atoms with Gasteiger partial charge in [-0.1, -0.05) is 24.3 Å². The van der Waals surface area contributed by atoms with Gasteiger partial charge in [0.2, 0.25) is 0 Å². The molecular formula is C15H17FO2. The van der Waals surface area contributed by atoms with E-state index in [-0.39, 0.29) is 12.4 Å². The summed E-state index contributed by atoms with van der Waals surface area (Å²) in [5, 5.41) is 11.8. The van der Waals surface area contributed by atoms with Gasteiger partial charge in [-0.05, 0) is 42.2 Å². The molecule has 0 aliphatic rings. The lowest BCUT2D eigenvalue weighted by Crippen LogP contribution is -1.97. The minimum Gasteiger partial charge on any atom is -0.504 e. The number of fused-ring (bicyclic) bond motifs is 1. The Labute approximate surface area is 106 Å². The maximum Gasteiger partial charge on any atom is 0.161 e. The molecule has 0 radical (unpaired) electrons. The van der Waals surface area contributed by atoms with Crippen molar-refractivity contribution in [1.29, 1.82) is 0 Å². The van der Waals surface area contributed by atoms with E-state index in [0.717, 1.165) is 23.6 Å². The summed E-state index contributed by atoms with van der Waals surface area (Å²) < 4.78 is 17.4. The van der Waals surface area contributed by atoms with Gasteiger partial charge in [-0.15, -0.1) is 0 Å². The SMILES string of the molecule is Oc1cc2ccccc2cc1OCCCCCF. The molecule has 0 heterocycles. The van der Waals surface area contributed by atoms with Crippen LogP contribution in [0.3, 0.4) is 0 Å². The normalized spacial score (nSPS) is 10.7. The van der Waals surface area contributed by atoms with Gasteiger partial charge in [0.1, 0.15) is 0 Å². The van der Waals surface area contributed by atoms with Crippen molar-refractivity contribution in [2.75, 3.05) is 13.3 Å². The minimum atomic E-state index is -0.277. The molecule has 0 fully saturated rings. The summed E-state index contributed by atoms with van der Waals surface area (Å²) in [6, 6.07) is 11.3. The molecule has 96 valence electrons. The number of alkyl halides is 1. The summed E-state index contributed by atoms with van der Waals surface area (Å²) in [6.45, 7) is 0.229. The number of aromatic hydroxyl groups is 1. The second-order valence-electron chi connectivity index (χ2n) is 4.27. The van der Waals surface area contributed by atoms with Crippen LogP contribution in [0.4, 0.5) is 4.39 Å². The van der Waals surface area contributed by atoms with Crippen LogP contribution in [-0.2, 0) is 0 Å². The maximum absolute atomic E-state index is 11.9. The summed E-state index contributed by atoms with van der Waals surface area (Å²) >= 11 is 0. The lowest BCUT2D eigenvalue weighted by Gasteiger charge is -2.09. The van der Waals surface area contributed by atoms with Crippen molar-refractivity contribution < 1.29 is 14.2 Å². The van der Waals surface area contributed by atoms with Crippen LogP contribution >= 0.6 is 0 Å². The molecule has 0 aliphatic carbocycles. The highest BCUT2D eigenvalue weighted by Crippen LogP contribution is 2.31. The smallest absolute Gasteiger partial charge is 0.161 e. The van der Waals surface area contributed by atoms with Gasteiger partial charge in [-0.2, -0.15) is 0 Å². The van der Waals surface area contributed by atoms with E-state index in [2.05, 4.69) is 0 Å². The fourth-order valence-electron chi connectivity index (χ4n) is 1.88. The Bertz CT molecular complexity index is 511. The molecule has 2 rings (SSSR count). The Hall–Kier alpha value is -1.77. The lowest BCUT2D eigenvalue weighted by atomic mass is 10.1. The molecule has 2 nitrogen and oxygen atoms in total. The second-order valence-corrected chi connectivity index (χ2v) is 4.27. The monoisotopic (exact) mass is 248 g/mol. The average molecular weight is 248 g/mol. The Balaban J connectivity index is 2.01. The predicted molar refractivity (Wildman–Crippen MR) is 70.9 cm³/mol. The van der Waals surface area contributed by atoms with Gasteiger partial charge >= 0.3 is 0 Å². The average Bonchev–Trinajstić information content (AvgIpc) is 2.39. The molecular weight excluding hydrogens is 231 g/mol. The highest BCUT2D eigenvalue weighted by Gasteiger charge is 2.04. The van der Waals surface area contributed by atoms with Crippen LogP contribution < -0.4 is 4.74 Å². The molecule has 18 heavy (non-hydrogen) atoms. The molecule has 0 spiro atoms. The first kappa shape index (κ1) is 12.7. The van der Waals surface area contributed by atoms with Crippen LogP contribution in [-0.4, -0.2) is 18.4 Å².